The number of rotatable bonds is 4. The molecule has 1 amide bonds. The van der Waals surface area contributed by atoms with Crippen molar-refractivity contribution in [1.82, 2.24) is 10.6 Å². The van der Waals surface area contributed by atoms with Crippen LogP contribution in [0.3, 0.4) is 0 Å². The molecular weight excluding hydrogens is 356 g/mol. The third-order valence-electron chi connectivity index (χ3n) is 3.83. The second kappa shape index (κ2) is 7.62. The molecule has 1 saturated heterocycles. The maximum atomic E-state index is 12.6. The Bertz CT molecular complexity index is 684. The van der Waals surface area contributed by atoms with Crippen LogP contribution in [0, 0.1) is 0 Å². The van der Waals surface area contributed by atoms with Gasteiger partial charge in [-0.15, -0.1) is 0 Å². The van der Waals surface area contributed by atoms with Crippen LogP contribution in [0.5, 0.6) is 11.5 Å². The number of ether oxygens (including phenoxy) is 1. The lowest BCUT2D eigenvalue weighted by atomic mass is 10.1. The van der Waals surface area contributed by atoms with Crippen molar-refractivity contribution < 1.29 is 9.53 Å². The zero-order chi connectivity index (χ0) is 16.1. The van der Waals surface area contributed by atoms with Gasteiger partial charge in [0.25, 0.3) is 5.91 Å². The first-order chi connectivity index (χ1) is 11.2. The van der Waals surface area contributed by atoms with Gasteiger partial charge in [0.05, 0.1) is 5.56 Å². The van der Waals surface area contributed by atoms with Crippen LogP contribution in [0.25, 0.3) is 0 Å². The van der Waals surface area contributed by atoms with Gasteiger partial charge in [-0.3, -0.25) is 4.79 Å². The maximum absolute atomic E-state index is 12.6. The highest BCUT2D eigenvalue weighted by Crippen LogP contribution is 2.27. The highest BCUT2D eigenvalue weighted by molar-refractivity contribution is 9.10. The van der Waals surface area contributed by atoms with E-state index in [1.807, 2.05) is 42.5 Å². The molecule has 0 saturated carbocycles. The van der Waals surface area contributed by atoms with E-state index in [9.17, 15) is 4.79 Å². The van der Waals surface area contributed by atoms with E-state index in [-0.39, 0.29) is 11.9 Å². The molecule has 0 radical (unpaired) electrons. The van der Waals surface area contributed by atoms with Crippen molar-refractivity contribution >= 4 is 21.8 Å². The van der Waals surface area contributed by atoms with Crippen molar-refractivity contribution in [3.05, 3.63) is 58.6 Å². The van der Waals surface area contributed by atoms with Crippen LogP contribution in [0.15, 0.2) is 53.0 Å². The molecule has 5 heteroatoms. The van der Waals surface area contributed by atoms with E-state index in [4.69, 9.17) is 4.74 Å². The standard InChI is InChI=1S/C18H19BrN2O2/c19-13-4-3-5-15(12-13)23-17-7-2-1-6-16(17)18(22)21-14-8-10-20-11-9-14/h1-7,12,14,20H,8-11H2,(H,21,22). The Morgan fingerprint density at radius 1 is 1.13 bits per heavy atom. The van der Waals surface area contributed by atoms with E-state index < -0.39 is 0 Å². The summed E-state index contributed by atoms with van der Waals surface area (Å²) < 4.78 is 6.83. The number of carbonyl (C=O) groups is 1. The van der Waals surface area contributed by atoms with Crippen molar-refractivity contribution in [2.75, 3.05) is 13.1 Å². The van der Waals surface area contributed by atoms with Crippen molar-refractivity contribution in [3.8, 4) is 11.5 Å². The first-order valence-electron chi connectivity index (χ1n) is 7.76. The Kier molecular flexibility index (Phi) is 5.31. The molecular formula is C18H19BrN2O2. The van der Waals surface area contributed by atoms with E-state index in [0.29, 0.717) is 17.1 Å². The van der Waals surface area contributed by atoms with E-state index in [1.54, 1.807) is 6.07 Å². The van der Waals surface area contributed by atoms with Crippen LogP contribution in [-0.4, -0.2) is 25.0 Å². The quantitative estimate of drug-likeness (QED) is 0.857. The fourth-order valence-electron chi connectivity index (χ4n) is 2.63. The molecule has 1 aliphatic heterocycles. The summed E-state index contributed by atoms with van der Waals surface area (Å²) in [7, 11) is 0. The largest absolute Gasteiger partial charge is 0.456 e. The monoisotopic (exact) mass is 374 g/mol. The predicted octanol–water partition coefficient (Wildman–Crippen LogP) is 3.72. The number of para-hydroxylation sites is 1. The molecule has 1 aliphatic rings. The molecule has 1 fully saturated rings. The number of nitrogens with one attached hydrogen (secondary N) is 2. The van der Waals surface area contributed by atoms with Gasteiger partial charge in [-0.25, -0.2) is 0 Å². The molecule has 0 unspecified atom stereocenters. The minimum atomic E-state index is -0.0810. The molecule has 2 aromatic carbocycles. The van der Waals surface area contributed by atoms with Gasteiger partial charge in [-0.1, -0.05) is 34.1 Å². The predicted molar refractivity (Wildman–Crippen MR) is 94.0 cm³/mol. The Hall–Kier alpha value is -1.85. The molecule has 0 aromatic heterocycles. The molecule has 23 heavy (non-hydrogen) atoms. The molecule has 4 nitrogen and oxygen atoms in total. The van der Waals surface area contributed by atoms with Gasteiger partial charge in [0.15, 0.2) is 0 Å². The summed E-state index contributed by atoms with van der Waals surface area (Å²) in [6.45, 7) is 1.89. The third-order valence-corrected chi connectivity index (χ3v) is 4.32. The van der Waals surface area contributed by atoms with E-state index in [1.165, 1.54) is 0 Å². The SMILES string of the molecule is O=C(NC1CCNCC1)c1ccccc1Oc1cccc(Br)c1. The molecule has 3 rings (SSSR count). The Morgan fingerprint density at radius 2 is 1.91 bits per heavy atom. The van der Waals surface area contributed by atoms with Gasteiger partial charge in [0.1, 0.15) is 11.5 Å². The van der Waals surface area contributed by atoms with E-state index in [2.05, 4.69) is 26.6 Å². The number of hydrogen-bond donors (Lipinski definition) is 2. The van der Waals surface area contributed by atoms with Crippen LogP contribution in [-0.2, 0) is 0 Å². The number of carbonyl (C=O) groups excluding carboxylic acids is 1. The van der Waals surface area contributed by atoms with E-state index in [0.717, 1.165) is 30.4 Å². The van der Waals surface area contributed by atoms with Gasteiger partial charge >= 0.3 is 0 Å². The van der Waals surface area contributed by atoms with Crippen molar-refractivity contribution in [3.63, 3.8) is 0 Å². The van der Waals surface area contributed by atoms with Gasteiger partial charge < -0.3 is 15.4 Å². The molecule has 0 spiro atoms. The first kappa shape index (κ1) is 16.0. The lowest BCUT2D eigenvalue weighted by Gasteiger charge is -2.24. The summed E-state index contributed by atoms with van der Waals surface area (Å²) in [5.74, 6) is 1.18. The van der Waals surface area contributed by atoms with Crippen molar-refractivity contribution in [2.45, 2.75) is 18.9 Å². The first-order valence-corrected chi connectivity index (χ1v) is 8.56. The van der Waals surface area contributed by atoms with Crippen molar-refractivity contribution in [1.29, 1.82) is 0 Å². The fourth-order valence-corrected chi connectivity index (χ4v) is 3.01. The normalized spacial score (nSPS) is 15.2. The highest BCUT2D eigenvalue weighted by Gasteiger charge is 2.19. The van der Waals surface area contributed by atoms with Crippen LogP contribution in [0.1, 0.15) is 23.2 Å². The molecule has 2 aromatic rings. The Labute approximate surface area is 144 Å². The highest BCUT2D eigenvalue weighted by atomic mass is 79.9. The zero-order valence-electron chi connectivity index (χ0n) is 12.7. The smallest absolute Gasteiger partial charge is 0.255 e. The molecule has 2 N–H and O–H groups in total. The molecule has 0 bridgehead atoms. The minimum Gasteiger partial charge on any atom is -0.456 e. The van der Waals surface area contributed by atoms with Crippen LogP contribution < -0.4 is 15.4 Å². The summed E-state index contributed by atoms with van der Waals surface area (Å²) in [5.41, 5.74) is 0.561. The van der Waals surface area contributed by atoms with Crippen molar-refractivity contribution in [2.24, 2.45) is 0 Å². The third kappa shape index (κ3) is 4.33. The summed E-state index contributed by atoms with van der Waals surface area (Å²) in [6, 6.07) is 15.1. The second-order valence-electron chi connectivity index (χ2n) is 5.55. The molecule has 0 atom stereocenters. The summed E-state index contributed by atoms with van der Waals surface area (Å²) in [5, 5.41) is 6.40. The van der Waals surface area contributed by atoms with Crippen LogP contribution in [0.2, 0.25) is 0 Å². The average Bonchev–Trinajstić information content (AvgIpc) is 2.56. The minimum absolute atomic E-state index is 0.0810. The fraction of sp³-hybridized carbons (Fsp3) is 0.278. The number of hydrogen-bond acceptors (Lipinski definition) is 3. The topological polar surface area (TPSA) is 50.4 Å². The Morgan fingerprint density at radius 3 is 2.70 bits per heavy atom. The average molecular weight is 375 g/mol. The zero-order valence-corrected chi connectivity index (χ0v) is 14.3. The summed E-state index contributed by atoms with van der Waals surface area (Å²) in [6.07, 6.45) is 1.92. The van der Waals surface area contributed by atoms with Gasteiger partial charge in [0.2, 0.25) is 0 Å². The maximum Gasteiger partial charge on any atom is 0.255 e. The second-order valence-corrected chi connectivity index (χ2v) is 6.47. The lowest BCUT2D eigenvalue weighted by molar-refractivity contribution is 0.0927. The number of piperidine rings is 1. The molecule has 1 heterocycles. The van der Waals surface area contributed by atoms with Gasteiger partial charge in [-0.2, -0.15) is 0 Å². The van der Waals surface area contributed by atoms with E-state index >= 15 is 0 Å². The summed E-state index contributed by atoms with van der Waals surface area (Å²) in [4.78, 5) is 12.6. The number of benzene rings is 2. The molecule has 120 valence electrons. The lowest BCUT2D eigenvalue weighted by Crippen LogP contribution is -2.42. The number of amides is 1. The Balaban J connectivity index is 1.75. The molecule has 0 aliphatic carbocycles. The van der Waals surface area contributed by atoms with Gasteiger partial charge in [-0.05, 0) is 56.3 Å². The van der Waals surface area contributed by atoms with Gasteiger partial charge in [0, 0.05) is 10.5 Å². The van der Waals surface area contributed by atoms with Crippen LogP contribution >= 0.6 is 15.9 Å². The summed E-state index contributed by atoms with van der Waals surface area (Å²) >= 11 is 3.42. The number of halogens is 1. The van der Waals surface area contributed by atoms with Crippen LogP contribution in [0.4, 0.5) is 0 Å².